The number of hydrogen-bond acceptors (Lipinski definition) is 5. The van der Waals surface area contributed by atoms with Gasteiger partial charge in [-0.05, 0) is 6.42 Å². The number of amides is 1. The average Bonchev–Trinajstić information content (AvgIpc) is 2.67. The van der Waals surface area contributed by atoms with E-state index in [1.165, 1.54) is 0 Å². The van der Waals surface area contributed by atoms with Crippen molar-refractivity contribution in [1.29, 1.82) is 0 Å². The van der Waals surface area contributed by atoms with E-state index in [1.54, 1.807) is 18.3 Å². The van der Waals surface area contributed by atoms with Gasteiger partial charge in [0.05, 0.1) is 0 Å². The van der Waals surface area contributed by atoms with Crippen molar-refractivity contribution in [3.8, 4) is 0 Å². The Morgan fingerprint density at radius 1 is 1.22 bits per heavy atom. The Labute approximate surface area is 112 Å². The second-order valence-corrected chi connectivity index (χ2v) is 5.91. The van der Waals surface area contributed by atoms with Gasteiger partial charge in [-0.1, -0.05) is 25.2 Å². The Balaban J connectivity index is 2.02. The maximum atomic E-state index is 11.4. The summed E-state index contributed by atoms with van der Waals surface area (Å²) in [6, 6.07) is 0. The second-order valence-electron chi connectivity index (χ2n) is 4.92. The van der Waals surface area contributed by atoms with Gasteiger partial charge in [-0.15, -0.1) is 10.2 Å². The topological polar surface area (TPSA) is 49.3 Å². The zero-order valence-corrected chi connectivity index (χ0v) is 12.0. The second kappa shape index (κ2) is 5.65. The van der Waals surface area contributed by atoms with Crippen molar-refractivity contribution in [2.75, 3.05) is 31.1 Å². The van der Waals surface area contributed by atoms with Gasteiger partial charge >= 0.3 is 0 Å². The van der Waals surface area contributed by atoms with Crippen molar-refractivity contribution in [3.05, 3.63) is 5.01 Å². The van der Waals surface area contributed by atoms with Crippen LogP contribution >= 0.6 is 11.3 Å². The van der Waals surface area contributed by atoms with E-state index < -0.39 is 0 Å². The monoisotopic (exact) mass is 268 g/mol. The number of aromatic nitrogens is 2. The Morgan fingerprint density at radius 3 is 2.61 bits per heavy atom. The highest BCUT2D eigenvalue weighted by atomic mass is 32.1. The molecule has 1 aromatic heterocycles. The molecular formula is C12H20N4OS. The number of hydrogen-bond donors (Lipinski definition) is 0. The summed E-state index contributed by atoms with van der Waals surface area (Å²) in [6.07, 6.45) is 0.996. The Bertz CT molecular complexity index is 418. The van der Waals surface area contributed by atoms with Crippen molar-refractivity contribution in [2.24, 2.45) is 0 Å². The smallest absolute Gasteiger partial charge is 0.219 e. The SMILES string of the molecule is CC(=O)N1CCCN(c2nnc(C(C)C)s2)CC1. The average molecular weight is 268 g/mol. The molecule has 0 aliphatic carbocycles. The quantitative estimate of drug-likeness (QED) is 0.819. The third-order valence-corrected chi connectivity index (χ3v) is 4.42. The Kier molecular flexibility index (Phi) is 4.16. The lowest BCUT2D eigenvalue weighted by Crippen LogP contribution is -2.33. The molecule has 100 valence electrons. The van der Waals surface area contributed by atoms with Crippen molar-refractivity contribution >= 4 is 22.4 Å². The van der Waals surface area contributed by atoms with E-state index in [-0.39, 0.29) is 5.91 Å². The molecular weight excluding hydrogens is 248 g/mol. The highest BCUT2D eigenvalue weighted by Crippen LogP contribution is 2.26. The fourth-order valence-corrected chi connectivity index (χ4v) is 2.91. The molecule has 1 saturated heterocycles. The molecule has 1 aliphatic heterocycles. The normalized spacial score (nSPS) is 17.1. The lowest BCUT2D eigenvalue weighted by atomic mass is 10.2. The molecule has 1 aromatic rings. The number of anilines is 1. The first-order chi connectivity index (χ1) is 8.58. The third kappa shape index (κ3) is 2.98. The molecule has 1 aliphatic rings. The standard InChI is InChI=1S/C12H20N4OS/c1-9(2)11-13-14-12(18-11)16-6-4-5-15(7-8-16)10(3)17/h9H,4-8H2,1-3H3. The van der Waals surface area contributed by atoms with Crippen molar-refractivity contribution in [2.45, 2.75) is 33.1 Å². The predicted octanol–water partition coefficient (Wildman–Crippen LogP) is 1.72. The number of carbonyl (C=O) groups is 1. The fourth-order valence-electron chi connectivity index (χ4n) is 2.01. The van der Waals surface area contributed by atoms with E-state index >= 15 is 0 Å². The summed E-state index contributed by atoms with van der Waals surface area (Å²) in [4.78, 5) is 15.5. The Hall–Kier alpha value is -1.17. The van der Waals surface area contributed by atoms with Gasteiger partial charge in [0.2, 0.25) is 11.0 Å². The van der Waals surface area contributed by atoms with Crippen LogP contribution in [-0.4, -0.2) is 47.2 Å². The lowest BCUT2D eigenvalue weighted by molar-refractivity contribution is -0.128. The van der Waals surface area contributed by atoms with Gasteiger partial charge in [0, 0.05) is 39.0 Å². The van der Waals surface area contributed by atoms with Crippen LogP contribution < -0.4 is 4.90 Å². The van der Waals surface area contributed by atoms with E-state index in [1.807, 2.05) is 4.90 Å². The first-order valence-corrected chi connectivity index (χ1v) is 7.23. The highest BCUT2D eigenvalue weighted by molar-refractivity contribution is 7.15. The van der Waals surface area contributed by atoms with Gasteiger partial charge in [0.25, 0.3) is 0 Å². The summed E-state index contributed by atoms with van der Waals surface area (Å²) >= 11 is 1.67. The van der Waals surface area contributed by atoms with E-state index in [4.69, 9.17) is 0 Å². The molecule has 1 amide bonds. The van der Waals surface area contributed by atoms with Crippen molar-refractivity contribution in [3.63, 3.8) is 0 Å². The van der Waals surface area contributed by atoms with Crippen LogP contribution in [0.25, 0.3) is 0 Å². The van der Waals surface area contributed by atoms with Crippen LogP contribution in [0.1, 0.15) is 38.1 Å². The van der Waals surface area contributed by atoms with Crippen LogP contribution in [0.5, 0.6) is 0 Å². The zero-order chi connectivity index (χ0) is 13.1. The summed E-state index contributed by atoms with van der Waals surface area (Å²) in [6.45, 7) is 9.34. The van der Waals surface area contributed by atoms with Crippen LogP contribution in [-0.2, 0) is 4.79 Å². The fraction of sp³-hybridized carbons (Fsp3) is 0.750. The number of rotatable bonds is 2. The molecule has 0 radical (unpaired) electrons. The van der Waals surface area contributed by atoms with Gasteiger partial charge in [0.1, 0.15) is 5.01 Å². The van der Waals surface area contributed by atoms with Gasteiger partial charge in [-0.3, -0.25) is 4.79 Å². The molecule has 18 heavy (non-hydrogen) atoms. The molecule has 1 fully saturated rings. The minimum Gasteiger partial charge on any atom is -0.345 e. The van der Waals surface area contributed by atoms with Crippen LogP contribution in [0.3, 0.4) is 0 Å². The summed E-state index contributed by atoms with van der Waals surface area (Å²) < 4.78 is 0. The summed E-state index contributed by atoms with van der Waals surface area (Å²) in [7, 11) is 0. The van der Waals surface area contributed by atoms with E-state index in [0.717, 1.165) is 42.7 Å². The Morgan fingerprint density at radius 2 is 2.00 bits per heavy atom. The summed E-state index contributed by atoms with van der Waals surface area (Å²) in [5.74, 6) is 0.592. The van der Waals surface area contributed by atoms with E-state index in [0.29, 0.717) is 5.92 Å². The van der Waals surface area contributed by atoms with Crippen LogP contribution in [0.2, 0.25) is 0 Å². The minimum atomic E-state index is 0.164. The first kappa shape index (κ1) is 13.3. The van der Waals surface area contributed by atoms with Crippen LogP contribution in [0.15, 0.2) is 0 Å². The first-order valence-electron chi connectivity index (χ1n) is 6.42. The maximum absolute atomic E-state index is 11.4. The molecule has 0 unspecified atom stereocenters. The minimum absolute atomic E-state index is 0.164. The van der Waals surface area contributed by atoms with E-state index in [2.05, 4.69) is 28.9 Å². The molecule has 0 aromatic carbocycles. The number of nitrogens with zero attached hydrogens (tertiary/aromatic N) is 4. The van der Waals surface area contributed by atoms with Gasteiger partial charge in [-0.25, -0.2) is 0 Å². The molecule has 2 heterocycles. The number of carbonyl (C=O) groups excluding carboxylic acids is 1. The molecule has 0 N–H and O–H groups in total. The molecule has 0 bridgehead atoms. The van der Waals surface area contributed by atoms with Gasteiger partial charge < -0.3 is 9.80 Å². The van der Waals surface area contributed by atoms with Crippen LogP contribution in [0.4, 0.5) is 5.13 Å². The summed E-state index contributed by atoms with van der Waals surface area (Å²) in [5, 5.41) is 10.6. The molecule has 6 heteroatoms. The van der Waals surface area contributed by atoms with E-state index in [9.17, 15) is 4.79 Å². The van der Waals surface area contributed by atoms with Gasteiger partial charge in [0.15, 0.2) is 0 Å². The largest absolute Gasteiger partial charge is 0.345 e. The maximum Gasteiger partial charge on any atom is 0.219 e. The van der Waals surface area contributed by atoms with Crippen LogP contribution in [0, 0.1) is 0 Å². The van der Waals surface area contributed by atoms with Gasteiger partial charge in [-0.2, -0.15) is 0 Å². The zero-order valence-electron chi connectivity index (χ0n) is 11.2. The third-order valence-electron chi connectivity index (χ3n) is 3.14. The van der Waals surface area contributed by atoms with Crippen molar-refractivity contribution < 1.29 is 4.79 Å². The van der Waals surface area contributed by atoms with Crippen molar-refractivity contribution in [1.82, 2.24) is 15.1 Å². The molecule has 0 atom stereocenters. The molecule has 5 nitrogen and oxygen atoms in total. The predicted molar refractivity (Wildman–Crippen MR) is 73.1 cm³/mol. The molecule has 2 rings (SSSR count). The molecule has 0 spiro atoms. The highest BCUT2D eigenvalue weighted by Gasteiger charge is 2.19. The summed E-state index contributed by atoms with van der Waals surface area (Å²) in [5.41, 5.74) is 0. The molecule has 0 saturated carbocycles. The lowest BCUT2D eigenvalue weighted by Gasteiger charge is -2.20.